The summed E-state index contributed by atoms with van der Waals surface area (Å²) in [6.45, 7) is 5.81. The summed E-state index contributed by atoms with van der Waals surface area (Å²) in [7, 11) is 0. The molecule has 0 N–H and O–H groups in total. The molecule has 0 bridgehead atoms. The number of amides is 1. The molecule has 2 aromatic heterocycles. The molecule has 1 amide bonds. The van der Waals surface area contributed by atoms with Crippen molar-refractivity contribution in [3.8, 4) is 0 Å². The number of rotatable bonds is 2. The summed E-state index contributed by atoms with van der Waals surface area (Å²) in [5.41, 5.74) is 0.853. The average molecular weight is 327 g/mol. The fourth-order valence-corrected chi connectivity index (χ4v) is 3.89. The van der Waals surface area contributed by atoms with Crippen LogP contribution in [0.1, 0.15) is 32.6 Å². The maximum absolute atomic E-state index is 12.9. The summed E-state index contributed by atoms with van der Waals surface area (Å²) < 4.78 is 2.01. The highest BCUT2D eigenvalue weighted by Crippen LogP contribution is 2.25. The summed E-state index contributed by atoms with van der Waals surface area (Å²) in [4.78, 5) is 17.2. The lowest BCUT2D eigenvalue weighted by Crippen LogP contribution is -2.47. The second-order valence-electron chi connectivity index (χ2n) is 7.22. The molecule has 0 radical (unpaired) electrons. The van der Waals surface area contributed by atoms with E-state index < -0.39 is 0 Å². The molecule has 2 aliphatic heterocycles. The molecule has 2 saturated heterocycles. The molecule has 24 heavy (non-hydrogen) atoms. The predicted molar refractivity (Wildman–Crippen MR) is 92.9 cm³/mol. The molecule has 0 aromatic carbocycles. The van der Waals surface area contributed by atoms with Crippen molar-refractivity contribution in [3.63, 3.8) is 0 Å². The van der Waals surface area contributed by atoms with E-state index in [4.69, 9.17) is 0 Å². The van der Waals surface area contributed by atoms with Gasteiger partial charge in [-0.15, -0.1) is 10.2 Å². The number of hydrogen-bond donors (Lipinski definition) is 0. The largest absolute Gasteiger partial charge is 0.342 e. The van der Waals surface area contributed by atoms with Gasteiger partial charge in [0, 0.05) is 32.4 Å². The van der Waals surface area contributed by atoms with E-state index in [1.165, 1.54) is 0 Å². The van der Waals surface area contributed by atoms with Gasteiger partial charge in [0.05, 0.1) is 5.92 Å². The molecule has 0 aliphatic carbocycles. The van der Waals surface area contributed by atoms with Gasteiger partial charge in [0.2, 0.25) is 11.9 Å². The Morgan fingerprint density at radius 3 is 2.79 bits per heavy atom. The van der Waals surface area contributed by atoms with Gasteiger partial charge in [0.25, 0.3) is 0 Å². The third-order valence-electron chi connectivity index (χ3n) is 5.44. The molecule has 4 rings (SSSR count). The second kappa shape index (κ2) is 6.42. The minimum absolute atomic E-state index is 0.0863. The molecule has 2 aliphatic rings. The number of hydrogen-bond acceptors (Lipinski definition) is 4. The van der Waals surface area contributed by atoms with Crippen LogP contribution in [0.5, 0.6) is 0 Å². The summed E-state index contributed by atoms with van der Waals surface area (Å²) >= 11 is 0. The zero-order valence-corrected chi connectivity index (χ0v) is 14.3. The minimum atomic E-state index is 0.0863. The molecule has 6 heteroatoms. The van der Waals surface area contributed by atoms with Crippen LogP contribution in [0, 0.1) is 11.8 Å². The summed E-state index contributed by atoms with van der Waals surface area (Å²) in [5, 5.41) is 8.59. The third-order valence-corrected chi connectivity index (χ3v) is 5.44. The summed E-state index contributed by atoms with van der Waals surface area (Å²) in [6, 6.07) is 5.91. The van der Waals surface area contributed by atoms with E-state index in [2.05, 4.69) is 26.9 Å². The number of carbonyl (C=O) groups is 1. The van der Waals surface area contributed by atoms with Crippen molar-refractivity contribution < 1.29 is 4.79 Å². The first-order chi connectivity index (χ1) is 11.7. The first-order valence-corrected chi connectivity index (χ1v) is 9.06. The molecule has 6 nitrogen and oxygen atoms in total. The topological polar surface area (TPSA) is 53.7 Å². The predicted octanol–water partition coefficient (Wildman–Crippen LogP) is 2.20. The highest BCUT2D eigenvalue weighted by molar-refractivity contribution is 5.79. The van der Waals surface area contributed by atoms with Crippen molar-refractivity contribution in [2.75, 3.05) is 31.1 Å². The first kappa shape index (κ1) is 15.4. The third kappa shape index (κ3) is 2.85. The standard InChI is InChI=1S/C18H25N5O/c1-14-7-11-21(12-8-14)17(24)15-5-4-9-22(13-15)18-20-19-16-6-2-3-10-23(16)18/h2-3,6,10,14-15H,4-5,7-9,11-13H2,1H3/t15-/m0/s1. The number of pyridine rings is 1. The van der Waals surface area contributed by atoms with E-state index in [-0.39, 0.29) is 5.92 Å². The quantitative estimate of drug-likeness (QED) is 0.848. The van der Waals surface area contributed by atoms with Crippen molar-refractivity contribution in [2.24, 2.45) is 11.8 Å². The normalized spacial score (nSPS) is 23.0. The number of fused-ring (bicyclic) bond motifs is 1. The molecule has 1 atom stereocenters. The number of piperidine rings is 2. The van der Waals surface area contributed by atoms with E-state index in [1.807, 2.05) is 28.8 Å². The number of anilines is 1. The van der Waals surface area contributed by atoms with Crippen LogP contribution in [0.2, 0.25) is 0 Å². The Hall–Kier alpha value is -2.11. The summed E-state index contributed by atoms with van der Waals surface area (Å²) in [5.74, 6) is 2.03. The number of aromatic nitrogens is 3. The number of nitrogens with zero attached hydrogens (tertiary/aromatic N) is 5. The highest BCUT2D eigenvalue weighted by Gasteiger charge is 2.32. The van der Waals surface area contributed by atoms with Gasteiger partial charge >= 0.3 is 0 Å². The zero-order valence-electron chi connectivity index (χ0n) is 14.3. The number of carbonyl (C=O) groups excluding carboxylic acids is 1. The van der Waals surface area contributed by atoms with Gasteiger partial charge in [-0.3, -0.25) is 9.20 Å². The van der Waals surface area contributed by atoms with Crippen molar-refractivity contribution in [3.05, 3.63) is 24.4 Å². The molecule has 0 unspecified atom stereocenters. The Labute approximate surface area is 142 Å². The van der Waals surface area contributed by atoms with Gasteiger partial charge in [-0.25, -0.2) is 0 Å². The molecule has 0 spiro atoms. The van der Waals surface area contributed by atoms with Crippen LogP contribution in [-0.2, 0) is 4.79 Å². The monoisotopic (exact) mass is 327 g/mol. The zero-order chi connectivity index (χ0) is 16.5. The summed E-state index contributed by atoms with van der Waals surface area (Å²) in [6.07, 6.45) is 6.27. The van der Waals surface area contributed by atoms with E-state index in [0.717, 1.165) is 69.4 Å². The lowest BCUT2D eigenvalue weighted by Gasteiger charge is -2.37. The highest BCUT2D eigenvalue weighted by atomic mass is 16.2. The lowest BCUT2D eigenvalue weighted by atomic mass is 9.93. The van der Waals surface area contributed by atoms with Crippen LogP contribution in [0.3, 0.4) is 0 Å². The Kier molecular flexibility index (Phi) is 4.12. The van der Waals surface area contributed by atoms with Gasteiger partial charge in [0.15, 0.2) is 5.65 Å². The maximum atomic E-state index is 12.9. The second-order valence-corrected chi connectivity index (χ2v) is 7.22. The van der Waals surface area contributed by atoms with E-state index in [0.29, 0.717) is 5.91 Å². The van der Waals surface area contributed by atoms with Crippen LogP contribution < -0.4 is 4.90 Å². The van der Waals surface area contributed by atoms with Crippen LogP contribution in [0.25, 0.3) is 5.65 Å². The van der Waals surface area contributed by atoms with Gasteiger partial charge in [-0.1, -0.05) is 13.0 Å². The van der Waals surface area contributed by atoms with Gasteiger partial charge in [0.1, 0.15) is 0 Å². The Morgan fingerprint density at radius 2 is 1.96 bits per heavy atom. The van der Waals surface area contributed by atoms with E-state index >= 15 is 0 Å². The smallest absolute Gasteiger partial charge is 0.231 e. The first-order valence-electron chi connectivity index (χ1n) is 9.06. The fourth-order valence-electron chi connectivity index (χ4n) is 3.89. The lowest BCUT2D eigenvalue weighted by molar-refractivity contribution is -0.137. The van der Waals surface area contributed by atoms with Gasteiger partial charge in [-0.2, -0.15) is 0 Å². The van der Waals surface area contributed by atoms with Crippen LogP contribution in [0.4, 0.5) is 5.95 Å². The Bertz CT molecular complexity index is 719. The molecule has 0 saturated carbocycles. The SMILES string of the molecule is CC1CCN(C(=O)[C@H]2CCCN(c3nnc4ccccn34)C2)CC1. The van der Waals surface area contributed by atoms with Crippen molar-refractivity contribution >= 4 is 17.5 Å². The Balaban J connectivity index is 1.48. The van der Waals surface area contributed by atoms with Crippen molar-refractivity contribution in [1.82, 2.24) is 19.5 Å². The van der Waals surface area contributed by atoms with Gasteiger partial charge < -0.3 is 9.80 Å². The van der Waals surface area contributed by atoms with Crippen LogP contribution >= 0.6 is 0 Å². The van der Waals surface area contributed by atoms with Crippen LogP contribution in [-0.4, -0.2) is 51.6 Å². The molecular formula is C18H25N5O. The fraction of sp³-hybridized carbons (Fsp3) is 0.611. The maximum Gasteiger partial charge on any atom is 0.231 e. The van der Waals surface area contributed by atoms with Gasteiger partial charge in [-0.05, 0) is 43.7 Å². The molecular weight excluding hydrogens is 302 g/mol. The number of likely N-dealkylation sites (tertiary alicyclic amines) is 1. The molecule has 128 valence electrons. The molecule has 2 aromatic rings. The van der Waals surface area contributed by atoms with Crippen molar-refractivity contribution in [2.45, 2.75) is 32.6 Å². The Morgan fingerprint density at radius 1 is 1.12 bits per heavy atom. The van der Waals surface area contributed by atoms with E-state index in [9.17, 15) is 4.79 Å². The van der Waals surface area contributed by atoms with Crippen LogP contribution in [0.15, 0.2) is 24.4 Å². The average Bonchev–Trinajstić information content (AvgIpc) is 3.06. The molecule has 2 fully saturated rings. The van der Waals surface area contributed by atoms with Crippen molar-refractivity contribution in [1.29, 1.82) is 0 Å². The minimum Gasteiger partial charge on any atom is -0.342 e. The van der Waals surface area contributed by atoms with E-state index in [1.54, 1.807) is 0 Å². The molecule has 4 heterocycles.